The average Bonchev–Trinajstić information content (AvgIpc) is 3.37. The number of benzene rings is 1. The molecule has 9 heteroatoms. The third-order valence-corrected chi connectivity index (χ3v) is 6.54. The highest BCUT2D eigenvalue weighted by atomic mass is 35.5. The van der Waals surface area contributed by atoms with Crippen LogP contribution in [0.5, 0.6) is 0 Å². The molecule has 28 heavy (non-hydrogen) atoms. The van der Waals surface area contributed by atoms with E-state index >= 15 is 0 Å². The van der Waals surface area contributed by atoms with Crippen LogP contribution in [0.2, 0.25) is 5.02 Å². The highest BCUT2D eigenvalue weighted by Crippen LogP contribution is 2.34. The van der Waals surface area contributed by atoms with E-state index in [0.29, 0.717) is 22.9 Å². The molecule has 2 saturated heterocycles. The van der Waals surface area contributed by atoms with Gasteiger partial charge < -0.3 is 4.90 Å². The number of fused-ring (bicyclic) bond motifs is 2. The lowest BCUT2D eigenvalue weighted by molar-refractivity contribution is -0.0882. The van der Waals surface area contributed by atoms with E-state index in [9.17, 15) is 22.8 Å². The summed E-state index contributed by atoms with van der Waals surface area (Å²) in [7, 11) is 0. The Labute approximate surface area is 168 Å². The minimum Gasteiger partial charge on any atom is -0.332 e. The molecule has 0 aliphatic carbocycles. The first-order valence-corrected chi connectivity index (χ1v) is 9.92. The maximum atomic E-state index is 12.7. The van der Waals surface area contributed by atoms with Crippen LogP contribution in [-0.2, 0) is 6.54 Å². The molecule has 0 spiro atoms. The van der Waals surface area contributed by atoms with Gasteiger partial charge in [-0.1, -0.05) is 23.7 Å². The van der Waals surface area contributed by atoms with Crippen molar-refractivity contribution in [2.75, 3.05) is 13.1 Å². The fourth-order valence-electron chi connectivity index (χ4n) is 3.87. The first-order valence-electron chi connectivity index (χ1n) is 8.73. The zero-order valence-electron chi connectivity index (χ0n) is 14.6. The number of amides is 1. The van der Waals surface area contributed by atoms with E-state index in [1.807, 2.05) is 24.3 Å². The SMILES string of the molecule is O=C(c1ccc(C(=O)C(F)(F)F)s1)N1CC2CC1CN2Cc1ccc(Cl)cc1. The number of ketones is 1. The second-order valence-electron chi connectivity index (χ2n) is 7.05. The molecule has 4 rings (SSSR count). The lowest BCUT2D eigenvalue weighted by Gasteiger charge is -2.34. The average molecular weight is 429 g/mol. The fourth-order valence-corrected chi connectivity index (χ4v) is 4.92. The topological polar surface area (TPSA) is 40.6 Å². The number of nitrogens with zero attached hydrogens (tertiary/aromatic N) is 2. The summed E-state index contributed by atoms with van der Waals surface area (Å²) in [6, 6.07) is 10.3. The molecule has 2 unspecified atom stereocenters. The fraction of sp³-hybridized carbons (Fsp3) is 0.368. The second-order valence-corrected chi connectivity index (χ2v) is 8.57. The quantitative estimate of drug-likeness (QED) is 0.684. The zero-order chi connectivity index (χ0) is 20.1. The molecule has 0 N–H and O–H groups in total. The molecule has 1 aromatic heterocycles. The molecule has 2 aliphatic heterocycles. The monoisotopic (exact) mass is 428 g/mol. The summed E-state index contributed by atoms with van der Waals surface area (Å²) in [5, 5.41) is 0.683. The summed E-state index contributed by atoms with van der Waals surface area (Å²) >= 11 is 6.52. The van der Waals surface area contributed by atoms with Crippen molar-refractivity contribution in [2.45, 2.75) is 31.2 Å². The van der Waals surface area contributed by atoms with Crippen molar-refractivity contribution in [1.82, 2.24) is 9.80 Å². The van der Waals surface area contributed by atoms with Crippen molar-refractivity contribution in [3.63, 3.8) is 0 Å². The van der Waals surface area contributed by atoms with Crippen molar-refractivity contribution in [1.29, 1.82) is 0 Å². The largest absolute Gasteiger partial charge is 0.455 e. The lowest BCUT2D eigenvalue weighted by atomic mass is 10.2. The second kappa shape index (κ2) is 7.17. The molecule has 2 atom stereocenters. The molecular weight excluding hydrogens is 413 g/mol. The van der Waals surface area contributed by atoms with Gasteiger partial charge in [-0.2, -0.15) is 13.2 Å². The number of rotatable bonds is 4. The third kappa shape index (κ3) is 3.68. The van der Waals surface area contributed by atoms with E-state index in [0.717, 1.165) is 31.1 Å². The number of halogens is 4. The van der Waals surface area contributed by atoms with Crippen LogP contribution < -0.4 is 0 Å². The van der Waals surface area contributed by atoms with Crippen LogP contribution in [0.4, 0.5) is 13.2 Å². The van der Waals surface area contributed by atoms with Crippen LogP contribution >= 0.6 is 22.9 Å². The van der Waals surface area contributed by atoms with E-state index in [1.165, 1.54) is 6.07 Å². The first-order chi connectivity index (χ1) is 13.2. The number of thiophene rings is 1. The predicted octanol–water partition coefficient (Wildman–Crippen LogP) is 4.25. The predicted molar refractivity (Wildman–Crippen MR) is 99.8 cm³/mol. The molecule has 2 aromatic rings. The van der Waals surface area contributed by atoms with Crippen LogP contribution in [0.15, 0.2) is 36.4 Å². The van der Waals surface area contributed by atoms with Gasteiger partial charge in [-0.05, 0) is 36.2 Å². The number of carbonyl (C=O) groups is 2. The van der Waals surface area contributed by atoms with Gasteiger partial charge in [0.2, 0.25) is 0 Å². The molecule has 3 heterocycles. The van der Waals surface area contributed by atoms with Gasteiger partial charge in [0.15, 0.2) is 0 Å². The van der Waals surface area contributed by atoms with E-state index in [-0.39, 0.29) is 22.9 Å². The summed E-state index contributed by atoms with van der Waals surface area (Å²) in [5.41, 5.74) is 1.14. The van der Waals surface area contributed by atoms with Gasteiger partial charge in [-0.15, -0.1) is 11.3 Å². The highest BCUT2D eigenvalue weighted by Gasteiger charge is 2.46. The van der Waals surface area contributed by atoms with Gasteiger partial charge in [0.25, 0.3) is 11.7 Å². The van der Waals surface area contributed by atoms with E-state index in [2.05, 4.69) is 4.90 Å². The zero-order valence-corrected chi connectivity index (χ0v) is 16.2. The van der Waals surface area contributed by atoms with Crippen molar-refractivity contribution >= 4 is 34.6 Å². The molecular formula is C19H16ClF3N2O2S. The number of Topliss-reactive ketones (excluding diaryl/α,β-unsaturated/α-hetero) is 1. The number of alkyl halides is 3. The van der Waals surface area contributed by atoms with Crippen LogP contribution in [0, 0.1) is 0 Å². The number of hydrogen-bond donors (Lipinski definition) is 0. The van der Waals surface area contributed by atoms with E-state index < -0.39 is 16.8 Å². The minimum atomic E-state index is -4.93. The number of hydrogen-bond acceptors (Lipinski definition) is 4. The summed E-state index contributed by atoms with van der Waals surface area (Å²) in [6.45, 7) is 2.03. The molecule has 0 radical (unpaired) electrons. The molecule has 2 aliphatic rings. The Morgan fingerprint density at radius 3 is 2.32 bits per heavy atom. The van der Waals surface area contributed by atoms with E-state index in [4.69, 9.17) is 11.6 Å². The minimum absolute atomic E-state index is 0.0358. The van der Waals surface area contributed by atoms with Crippen LogP contribution in [0.3, 0.4) is 0 Å². The Kier molecular flexibility index (Phi) is 4.97. The first kappa shape index (κ1) is 19.4. The molecule has 2 fully saturated rings. The normalized spacial score (nSPS) is 22.1. The molecule has 1 aromatic carbocycles. The lowest BCUT2D eigenvalue weighted by Crippen LogP contribution is -2.48. The Morgan fingerprint density at radius 1 is 1.04 bits per heavy atom. The van der Waals surface area contributed by atoms with Gasteiger partial charge in [-0.25, -0.2) is 0 Å². The van der Waals surface area contributed by atoms with Gasteiger partial charge in [-0.3, -0.25) is 14.5 Å². The van der Waals surface area contributed by atoms with Crippen LogP contribution in [0.25, 0.3) is 0 Å². The van der Waals surface area contributed by atoms with Gasteiger partial charge in [0, 0.05) is 36.7 Å². The van der Waals surface area contributed by atoms with Crippen LogP contribution in [0.1, 0.15) is 31.3 Å². The Balaban J connectivity index is 1.40. The number of piperazine rings is 1. The summed E-state index contributed by atoms with van der Waals surface area (Å²) in [5.74, 6) is -2.21. The van der Waals surface area contributed by atoms with Crippen molar-refractivity contribution in [3.05, 3.63) is 56.7 Å². The van der Waals surface area contributed by atoms with Crippen molar-refractivity contribution < 1.29 is 22.8 Å². The standard InChI is InChI=1S/C19H16ClF3N2O2S/c20-12-3-1-11(2-4-12)8-24-9-14-7-13(24)10-25(14)18(27)16-6-5-15(28-16)17(26)19(21,22)23/h1-6,13-14H,7-10H2. The molecule has 0 saturated carbocycles. The molecule has 2 bridgehead atoms. The van der Waals surface area contributed by atoms with Crippen molar-refractivity contribution in [3.8, 4) is 0 Å². The molecule has 1 amide bonds. The maximum Gasteiger partial charge on any atom is 0.455 e. The summed E-state index contributed by atoms with van der Waals surface area (Å²) in [6.07, 6.45) is -4.08. The smallest absolute Gasteiger partial charge is 0.332 e. The van der Waals surface area contributed by atoms with Gasteiger partial charge >= 0.3 is 6.18 Å². The molecule has 148 valence electrons. The Morgan fingerprint density at radius 2 is 1.71 bits per heavy atom. The Hall–Kier alpha value is -1.90. The van der Waals surface area contributed by atoms with Crippen molar-refractivity contribution in [2.24, 2.45) is 0 Å². The highest BCUT2D eigenvalue weighted by molar-refractivity contribution is 7.16. The van der Waals surface area contributed by atoms with Crippen LogP contribution in [-0.4, -0.2) is 52.8 Å². The number of likely N-dealkylation sites (tertiary alicyclic amines) is 2. The number of carbonyl (C=O) groups excluding carboxylic acids is 2. The third-order valence-electron chi connectivity index (χ3n) is 5.21. The molecule has 4 nitrogen and oxygen atoms in total. The summed E-state index contributed by atoms with van der Waals surface area (Å²) < 4.78 is 37.7. The van der Waals surface area contributed by atoms with Gasteiger partial charge in [0.05, 0.1) is 9.75 Å². The van der Waals surface area contributed by atoms with E-state index in [1.54, 1.807) is 4.90 Å². The maximum absolute atomic E-state index is 12.7. The van der Waals surface area contributed by atoms with Gasteiger partial charge in [0.1, 0.15) is 0 Å². The summed E-state index contributed by atoms with van der Waals surface area (Å²) in [4.78, 5) is 27.8. The Bertz CT molecular complexity index is 913.